The minimum atomic E-state index is -0.885. The van der Waals surface area contributed by atoms with Gasteiger partial charge in [0.2, 0.25) is 12.3 Å². The monoisotopic (exact) mass is 363 g/mol. The van der Waals surface area contributed by atoms with Gasteiger partial charge in [-0.3, -0.25) is 9.59 Å². The highest BCUT2D eigenvalue weighted by atomic mass is 16.3. The summed E-state index contributed by atoms with van der Waals surface area (Å²) in [5, 5.41) is 15.3. The Hall–Kier alpha value is -1.92. The number of rotatable bonds is 7. The SMILES string of the molecule is CCNC=O.Cc1ccc(CNC(=O)C(O)CC2CCN(C)CC2)cc1. The lowest BCUT2D eigenvalue weighted by Crippen LogP contribution is -2.38. The molecule has 2 amide bonds. The third kappa shape index (κ3) is 8.97. The highest BCUT2D eigenvalue weighted by Gasteiger charge is 2.23. The number of amides is 2. The molecule has 146 valence electrons. The third-order valence-corrected chi connectivity index (χ3v) is 4.57. The van der Waals surface area contributed by atoms with E-state index in [0.29, 0.717) is 25.3 Å². The highest BCUT2D eigenvalue weighted by Crippen LogP contribution is 2.21. The third-order valence-electron chi connectivity index (χ3n) is 4.57. The van der Waals surface area contributed by atoms with E-state index in [-0.39, 0.29) is 5.91 Å². The van der Waals surface area contributed by atoms with E-state index in [9.17, 15) is 14.7 Å². The van der Waals surface area contributed by atoms with Crippen molar-refractivity contribution in [2.24, 2.45) is 5.92 Å². The highest BCUT2D eigenvalue weighted by molar-refractivity contribution is 5.80. The van der Waals surface area contributed by atoms with Gasteiger partial charge in [0, 0.05) is 13.1 Å². The number of carbonyl (C=O) groups excluding carboxylic acids is 2. The number of hydrogen-bond acceptors (Lipinski definition) is 4. The molecule has 6 nitrogen and oxygen atoms in total. The van der Waals surface area contributed by atoms with Crippen LogP contribution in [0.5, 0.6) is 0 Å². The first-order chi connectivity index (χ1) is 12.5. The van der Waals surface area contributed by atoms with E-state index >= 15 is 0 Å². The van der Waals surface area contributed by atoms with Crippen LogP contribution in [0.4, 0.5) is 0 Å². The van der Waals surface area contributed by atoms with Gasteiger partial charge in [0.05, 0.1) is 0 Å². The van der Waals surface area contributed by atoms with Crippen molar-refractivity contribution in [1.29, 1.82) is 0 Å². The first-order valence-electron chi connectivity index (χ1n) is 9.33. The van der Waals surface area contributed by atoms with E-state index in [4.69, 9.17) is 0 Å². The number of hydrogen-bond donors (Lipinski definition) is 3. The molecule has 1 aromatic rings. The van der Waals surface area contributed by atoms with Crippen LogP contribution in [-0.2, 0) is 16.1 Å². The van der Waals surface area contributed by atoms with Crippen LogP contribution < -0.4 is 10.6 Å². The second-order valence-electron chi connectivity index (χ2n) is 6.88. The summed E-state index contributed by atoms with van der Waals surface area (Å²) in [5.41, 5.74) is 2.26. The number of piperidine rings is 1. The smallest absolute Gasteiger partial charge is 0.249 e. The van der Waals surface area contributed by atoms with Crippen molar-refractivity contribution < 1.29 is 14.7 Å². The van der Waals surface area contributed by atoms with Crippen molar-refractivity contribution in [2.75, 3.05) is 26.7 Å². The standard InChI is InChI=1S/C17H26N2O2.C3H7NO/c1-13-3-5-15(6-4-13)12-18-17(21)16(20)11-14-7-9-19(2)10-8-14;1-2-4-3-5/h3-6,14,16,20H,7-12H2,1-2H3,(H,18,21);3H,2H2,1H3,(H,4,5). The van der Waals surface area contributed by atoms with Gasteiger partial charge in [0.25, 0.3) is 0 Å². The summed E-state index contributed by atoms with van der Waals surface area (Å²) < 4.78 is 0. The molecule has 1 atom stereocenters. The van der Waals surface area contributed by atoms with Crippen LogP contribution in [0.3, 0.4) is 0 Å². The maximum absolute atomic E-state index is 11.9. The van der Waals surface area contributed by atoms with Gasteiger partial charge < -0.3 is 20.6 Å². The number of nitrogens with zero attached hydrogens (tertiary/aromatic N) is 1. The van der Waals surface area contributed by atoms with E-state index in [1.807, 2.05) is 38.1 Å². The maximum Gasteiger partial charge on any atom is 0.249 e. The molecule has 1 aromatic carbocycles. The fraction of sp³-hybridized carbons (Fsp3) is 0.600. The normalized spacial score (nSPS) is 16.2. The lowest BCUT2D eigenvalue weighted by Gasteiger charge is -2.29. The molecule has 1 aliphatic heterocycles. The first-order valence-corrected chi connectivity index (χ1v) is 9.33. The van der Waals surface area contributed by atoms with Crippen LogP contribution in [0.2, 0.25) is 0 Å². The molecular weight excluding hydrogens is 330 g/mol. The minimum absolute atomic E-state index is 0.255. The Balaban J connectivity index is 0.000000597. The molecule has 0 aliphatic carbocycles. The van der Waals surface area contributed by atoms with Crippen molar-refractivity contribution in [1.82, 2.24) is 15.5 Å². The van der Waals surface area contributed by atoms with Crippen molar-refractivity contribution in [2.45, 2.75) is 45.8 Å². The van der Waals surface area contributed by atoms with Gasteiger partial charge in [0.1, 0.15) is 6.10 Å². The molecule has 26 heavy (non-hydrogen) atoms. The summed E-state index contributed by atoms with van der Waals surface area (Å²) in [6.45, 7) is 7.22. The summed E-state index contributed by atoms with van der Waals surface area (Å²) in [5.74, 6) is 0.204. The second-order valence-corrected chi connectivity index (χ2v) is 6.88. The second kappa shape index (κ2) is 12.4. The molecule has 0 saturated carbocycles. The average Bonchev–Trinajstić information content (AvgIpc) is 2.64. The van der Waals surface area contributed by atoms with Gasteiger partial charge in [-0.15, -0.1) is 0 Å². The zero-order valence-corrected chi connectivity index (χ0v) is 16.2. The van der Waals surface area contributed by atoms with Crippen LogP contribution in [0, 0.1) is 12.8 Å². The predicted octanol–water partition coefficient (Wildman–Crippen LogP) is 1.46. The number of aryl methyl sites for hydroxylation is 1. The molecule has 0 spiro atoms. The van der Waals surface area contributed by atoms with Crippen LogP contribution in [0.25, 0.3) is 0 Å². The van der Waals surface area contributed by atoms with Crippen LogP contribution in [0.1, 0.15) is 37.3 Å². The zero-order chi connectivity index (χ0) is 19.4. The number of carbonyl (C=O) groups is 2. The van der Waals surface area contributed by atoms with Crippen LogP contribution >= 0.6 is 0 Å². The van der Waals surface area contributed by atoms with E-state index in [2.05, 4.69) is 22.6 Å². The molecule has 0 aromatic heterocycles. The quantitative estimate of drug-likeness (QED) is 0.641. The largest absolute Gasteiger partial charge is 0.383 e. The lowest BCUT2D eigenvalue weighted by atomic mass is 9.91. The summed E-state index contributed by atoms with van der Waals surface area (Å²) >= 11 is 0. The van der Waals surface area contributed by atoms with Gasteiger partial charge in [0.15, 0.2) is 0 Å². The number of aliphatic hydroxyl groups excluding tert-OH is 1. The van der Waals surface area contributed by atoms with E-state index in [0.717, 1.165) is 38.0 Å². The van der Waals surface area contributed by atoms with E-state index < -0.39 is 6.10 Å². The predicted molar refractivity (Wildman–Crippen MR) is 104 cm³/mol. The van der Waals surface area contributed by atoms with Gasteiger partial charge in [-0.05, 0) is 64.7 Å². The summed E-state index contributed by atoms with van der Waals surface area (Å²) in [6, 6.07) is 8.05. The van der Waals surface area contributed by atoms with Crippen molar-refractivity contribution in [3.8, 4) is 0 Å². The molecule has 2 rings (SSSR count). The molecule has 0 radical (unpaired) electrons. The zero-order valence-electron chi connectivity index (χ0n) is 16.2. The Morgan fingerprint density at radius 1 is 1.31 bits per heavy atom. The summed E-state index contributed by atoms with van der Waals surface area (Å²) in [4.78, 5) is 23.5. The number of nitrogens with one attached hydrogen (secondary N) is 2. The van der Waals surface area contributed by atoms with Gasteiger partial charge in [-0.2, -0.15) is 0 Å². The van der Waals surface area contributed by atoms with Gasteiger partial charge in [-0.25, -0.2) is 0 Å². The fourth-order valence-electron chi connectivity index (χ4n) is 2.82. The van der Waals surface area contributed by atoms with Gasteiger partial charge >= 0.3 is 0 Å². The number of benzene rings is 1. The molecular formula is C20H33N3O3. The Morgan fingerprint density at radius 2 is 1.92 bits per heavy atom. The van der Waals surface area contributed by atoms with Crippen LogP contribution in [0.15, 0.2) is 24.3 Å². The van der Waals surface area contributed by atoms with Crippen LogP contribution in [-0.4, -0.2) is 55.1 Å². The Labute approximate surface area is 157 Å². The number of likely N-dealkylation sites (tertiary alicyclic amines) is 1. The molecule has 1 saturated heterocycles. The molecule has 1 heterocycles. The van der Waals surface area contributed by atoms with Crippen molar-refractivity contribution in [3.05, 3.63) is 35.4 Å². The molecule has 6 heteroatoms. The maximum atomic E-state index is 11.9. The molecule has 1 fully saturated rings. The van der Waals surface area contributed by atoms with Crippen molar-refractivity contribution in [3.63, 3.8) is 0 Å². The van der Waals surface area contributed by atoms with E-state index in [1.165, 1.54) is 5.56 Å². The minimum Gasteiger partial charge on any atom is -0.383 e. The first kappa shape index (κ1) is 22.1. The molecule has 0 bridgehead atoms. The summed E-state index contributed by atoms with van der Waals surface area (Å²) in [6.07, 6.45) is 2.51. The lowest BCUT2D eigenvalue weighted by molar-refractivity contribution is -0.130. The number of aliphatic hydroxyl groups is 1. The molecule has 3 N–H and O–H groups in total. The molecule has 1 unspecified atom stereocenters. The topological polar surface area (TPSA) is 81.7 Å². The van der Waals surface area contributed by atoms with Crippen molar-refractivity contribution >= 4 is 12.3 Å². The van der Waals surface area contributed by atoms with Gasteiger partial charge in [-0.1, -0.05) is 29.8 Å². The molecule has 1 aliphatic rings. The average molecular weight is 364 g/mol. The summed E-state index contributed by atoms with van der Waals surface area (Å²) in [7, 11) is 2.11. The Morgan fingerprint density at radius 3 is 2.42 bits per heavy atom. The van der Waals surface area contributed by atoms with E-state index in [1.54, 1.807) is 0 Å². The fourth-order valence-corrected chi connectivity index (χ4v) is 2.82. The Bertz CT molecular complexity index is 526. The Kier molecular flexibility index (Phi) is 10.6.